The van der Waals surface area contributed by atoms with E-state index in [0.29, 0.717) is 17.7 Å². The molecule has 1 aromatic heterocycles. The van der Waals surface area contributed by atoms with Crippen molar-refractivity contribution in [3.05, 3.63) is 22.4 Å². The third-order valence-electron chi connectivity index (χ3n) is 3.53. The van der Waals surface area contributed by atoms with Crippen LogP contribution in [0.15, 0.2) is 17.5 Å². The molecule has 1 amide bonds. The van der Waals surface area contributed by atoms with Gasteiger partial charge < -0.3 is 4.90 Å². The predicted molar refractivity (Wildman–Crippen MR) is 77.3 cm³/mol. The molecular formula is C14H20ClNOS. The second-order valence-electron chi connectivity index (χ2n) is 5.14. The minimum atomic E-state index is 0.268. The maximum absolute atomic E-state index is 11.9. The van der Waals surface area contributed by atoms with Gasteiger partial charge in [-0.1, -0.05) is 6.07 Å². The fourth-order valence-corrected chi connectivity index (χ4v) is 3.61. The number of amides is 1. The molecule has 2 nitrogen and oxygen atoms in total. The van der Waals surface area contributed by atoms with Gasteiger partial charge in [0, 0.05) is 30.3 Å². The first-order chi connectivity index (χ1) is 8.65. The normalized spacial score (nSPS) is 22.6. The van der Waals surface area contributed by atoms with Gasteiger partial charge in [-0.05, 0) is 43.0 Å². The summed E-state index contributed by atoms with van der Waals surface area (Å²) in [6, 6.07) is 4.20. The average molecular weight is 286 g/mol. The molecule has 1 heterocycles. The van der Waals surface area contributed by atoms with Gasteiger partial charge in [0.15, 0.2) is 0 Å². The molecule has 0 radical (unpaired) electrons. The quantitative estimate of drug-likeness (QED) is 0.732. The number of hydrogen-bond acceptors (Lipinski definition) is 2. The Morgan fingerprint density at radius 2 is 2.33 bits per heavy atom. The van der Waals surface area contributed by atoms with Crippen molar-refractivity contribution in [1.82, 2.24) is 4.90 Å². The highest BCUT2D eigenvalue weighted by molar-refractivity contribution is 7.09. The van der Waals surface area contributed by atoms with Gasteiger partial charge in [-0.15, -0.1) is 22.9 Å². The molecule has 0 saturated heterocycles. The summed E-state index contributed by atoms with van der Waals surface area (Å²) in [5.74, 6) is 0.892. The SMILES string of the molecule is CN(CC1CC(Cl)C1)C(=O)CCCc1cccs1. The highest BCUT2D eigenvalue weighted by Gasteiger charge is 2.28. The first-order valence-electron chi connectivity index (χ1n) is 6.55. The number of thiophene rings is 1. The van der Waals surface area contributed by atoms with E-state index in [0.717, 1.165) is 32.2 Å². The zero-order valence-electron chi connectivity index (χ0n) is 10.8. The number of carbonyl (C=O) groups is 1. The van der Waals surface area contributed by atoms with E-state index in [4.69, 9.17) is 11.6 Å². The molecule has 18 heavy (non-hydrogen) atoms. The number of carbonyl (C=O) groups excluding carboxylic acids is 1. The van der Waals surface area contributed by atoms with E-state index in [9.17, 15) is 4.79 Å². The first kappa shape index (κ1) is 13.9. The van der Waals surface area contributed by atoms with Crippen molar-refractivity contribution in [3.8, 4) is 0 Å². The lowest BCUT2D eigenvalue weighted by molar-refractivity contribution is -0.130. The molecule has 1 aromatic rings. The van der Waals surface area contributed by atoms with Crippen molar-refractivity contribution in [2.75, 3.05) is 13.6 Å². The van der Waals surface area contributed by atoms with Gasteiger partial charge in [-0.2, -0.15) is 0 Å². The minimum absolute atomic E-state index is 0.268. The fourth-order valence-electron chi connectivity index (χ4n) is 2.35. The number of rotatable bonds is 6. The molecule has 0 aromatic carbocycles. The lowest BCUT2D eigenvalue weighted by Crippen LogP contribution is -2.37. The van der Waals surface area contributed by atoms with Crippen LogP contribution in [0.25, 0.3) is 0 Å². The Morgan fingerprint density at radius 1 is 1.56 bits per heavy atom. The van der Waals surface area contributed by atoms with E-state index < -0.39 is 0 Å². The summed E-state index contributed by atoms with van der Waals surface area (Å²) in [5, 5.41) is 2.43. The van der Waals surface area contributed by atoms with E-state index in [-0.39, 0.29) is 5.91 Å². The van der Waals surface area contributed by atoms with E-state index in [1.54, 1.807) is 11.3 Å². The molecule has 0 N–H and O–H groups in total. The Labute approximate surface area is 118 Å². The van der Waals surface area contributed by atoms with Crippen LogP contribution in [0.4, 0.5) is 0 Å². The summed E-state index contributed by atoms with van der Waals surface area (Å²) in [5.41, 5.74) is 0. The molecule has 1 saturated carbocycles. The van der Waals surface area contributed by atoms with Gasteiger partial charge in [0.2, 0.25) is 5.91 Å². The monoisotopic (exact) mass is 285 g/mol. The van der Waals surface area contributed by atoms with Crippen LogP contribution in [-0.4, -0.2) is 29.8 Å². The molecule has 100 valence electrons. The third kappa shape index (κ3) is 3.99. The molecule has 2 rings (SSSR count). The fraction of sp³-hybridized carbons (Fsp3) is 0.643. The topological polar surface area (TPSA) is 20.3 Å². The number of aryl methyl sites for hydroxylation is 1. The molecule has 0 atom stereocenters. The highest BCUT2D eigenvalue weighted by atomic mass is 35.5. The summed E-state index contributed by atoms with van der Waals surface area (Å²) in [6.07, 6.45) is 4.76. The summed E-state index contributed by atoms with van der Waals surface area (Å²) < 4.78 is 0. The Morgan fingerprint density at radius 3 is 2.94 bits per heavy atom. The van der Waals surface area contributed by atoms with Crippen LogP contribution in [0, 0.1) is 5.92 Å². The van der Waals surface area contributed by atoms with E-state index in [1.165, 1.54) is 4.88 Å². The van der Waals surface area contributed by atoms with Gasteiger partial charge in [-0.25, -0.2) is 0 Å². The largest absolute Gasteiger partial charge is 0.345 e. The number of hydrogen-bond donors (Lipinski definition) is 0. The van der Waals surface area contributed by atoms with Gasteiger partial charge >= 0.3 is 0 Å². The Hall–Kier alpha value is -0.540. The maximum atomic E-state index is 11.9. The van der Waals surface area contributed by atoms with E-state index >= 15 is 0 Å². The third-order valence-corrected chi connectivity index (χ3v) is 4.82. The van der Waals surface area contributed by atoms with Gasteiger partial charge in [0.25, 0.3) is 0 Å². The maximum Gasteiger partial charge on any atom is 0.222 e. The smallest absolute Gasteiger partial charge is 0.222 e. The molecule has 0 spiro atoms. The number of nitrogens with zero attached hydrogens (tertiary/aromatic N) is 1. The lowest BCUT2D eigenvalue weighted by atomic mass is 9.84. The Kier molecular flexibility index (Phi) is 5.07. The number of halogens is 1. The zero-order chi connectivity index (χ0) is 13.0. The van der Waals surface area contributed by atoms with Crippen LogP contribution in [0.2, 0.25) is 0 Å². The molecule has 1 aliphatic carbocycles. The van der Waals surface area contributed by atoms with Crippen molar-refractivity contribution in [2.45, 2.75) is 37.5 Å². The lowest BCUT2D eigenvalue weighted by Gasteiger charge is -2.34. The van der Waals surface area contributed by atoms with Crippen molar-refractivity contribution in [2.24, 2.45) is 5.92 Å². The molecule has 0 unspecified atom stereocenters. The van der Waals surface area contributed by atoms with Crippen LogP contribution in [0.3, 0.4) is 0 Å². The van der Waals surface area contributed by atoms with E-state index in [2.05, 4.69) is 17.5 Å². The first-order valence-corrected chi connectivity index (χ1v) is 7.87. The molecule has 0 bridgehead atoms. The van der Waals surface area contributed by atoms with Crippen LogP contribution in [0.1, 0.15) is 30.6 Å². The predicted octanol–water partition coefficient (Wildman–Crippen LogP) is 3.55. The summed E-state index contributed by atoms with van der Waals surface area (Å²) in [7, 11) is 1.91. The van der Waals surface area contributed by atoms with E-state index in [1.807, 2.05) is 11.9 Å². The second-order valence-corrected chi connectivity index (χ2v) is 6.79. The van der Waals surface area contributed by atoms with Crippen molar-refractivity contribution >= 4 is 28.8 Å². The highest BCUT2D eigenvalue weighted by Crippen LogP contribution is 2.32. The Balaban J connectivity index is 1.61. The van der Waals surface area contributed by atoms with Crippen molar-refractivity contribution in [3.63, 3.8) is 0 Å². The zero-order valence-corrected chi connectivity index (χ0v) is 12.3. The van der Waals surface area contributed by atoms with Crippen LogP contribution < -0.4 is 0 Å². The summed E-state index contributed by atoms with van der Waals surface area (Å²) >= 11 is 7.71. The second kappa shape index (κ2) is 6.58. The average Bonchev–Trinajstić information content (AvgIpc) is 2.79. The summed E-state index contributed by atoms with van der Waals surface area (Å²) in [4.78, 5) is 15.2. The van der Waals surface area contributed by atoms with Gasteiger partial charge in [0.1, 0.15) is 0 Å². The van der Waals surface area contributed by atoms with Crippen molar-refractivity contribution < 1.29 is 4.79 Å². The van der Waals surface area contributed by atoms with Crippen LogP contribution in [-0.2, 0) is 11.2 Å². The number of alkyl halides is 1. The standard InChI is InChI=1S/C14H20ClNOS/c1-16(10-11-8-12(15)9-11)14(17)6-2-4-13-5-3-7-18-13/h3,5,7,11-12H,2,4,6,8-10H2,1H3. The Bertz CT molecular complexity index is 373. The van der Waals surface area contributed by atoms with Crippen molar-refractivity contribution in [1.29, 1.82) is 0 Å². The summed E-state index contributed by atoms with van der Waals surface area (Å²) in [6.45, 7) is 0.876. The van der Waals surface area contributed by atoms with Gasteiger partial charge in [0.05, 0.1) is 0 Å². The minimum Gasteiger partial charge on any atom is -0.345 e. The van der Waals surface area contributed by atoms with Gasteiger partial charge in [-0.3, -0.25) is 4.79 Å². The molecule has 0 aliphatic heterocycles. The molecule has 4 heteroatoms. The van der Waals surface area contributed by atoms with Crippen LogP contribution >= 0.6 is 22.9 Å². The van der Waals surface area contributed by atoms with Crippen LogP contribution in [0.5, 0.6) is 0 Å². The molecule has 1 aliphatic rings. The molecule has 1 fully saturated rings. The molecular weight excluding hydrogens is 266 g/mol.